The van der Waals surface area contributed by atoms with Gasteiger partial charge in [0.05, 0.1) is 24.8 Å². The summed E-state index contributed by atoms with van der Waals surface area (Å²) in [6.07, 6.45) is -5.12. The zero-order valence-electron chi connectivity index (χ0n) is 14.5. The van der Waals surface area contributed by atoms with E-state index < -0.39 is 63.1 Å². The molecule has 0 bridgehead atoms. The number of carbonyl (C=O) groups excluding carboxylic acids is 2. The minimum atomic E-state index is -5.17. The first kappa shape index (κ1) is 22.2. The summed E-state index contributed by atoms with van der Waals surface area (Å²) in [5, 5.41) is -0.448. The second kappa shape index (κ2) is 8.52. The van der Waals surface area contributed by atoms with Crippen LogP contribution < -0.4 is 14.2 Å². The van der Waals surface area contributed by atoms with Gasteiger partial charge in [0.15, 0.2) is 23.6 Å². The van der Waals surface area contributed by atoms with Crippen molar-refractivity contribution in [3.63, 3.8) is 0 Å². The first-order valence-corrected chi connectivity index (χ1v) is 7.77. The number of hydrogen-bond acceptors (Lipinski definition) is 6. The van der Waals surface area contributed by atoms with E-state index in [2.05, 4.69) is 14.2 Å². The maximum atomic E-state index is 14.5. The van der Waals surface area contributed by atoms with Crippen LogP contribution >= 0.6 is 11.6 Å². The average Bonchev–Trinajstić information content (AvgIpc) is 2.63. The van der Waals surface area contributed by atoms with E-state index in [1.807, 2.05) is 0 Å². The lowest BCUT2D eigenvalue weighted by Gasteiger charge is -2.17. The van der Waals surface area contributed by atoms with Crippen LogP contribution in [0.4, 0.5) is 22.0 Å². The Morgan fingerprint density at radius 3 is 2.21 bits per heavy atom. The Morgan fingerprint density at radius 2 is 1.69 bits per heavy atom. The van der Waals surface area contributed by atoms with Crippen LogP contribution in [0.15, 0.2) is 18.2 Å². The number of hydrogen-bond donors (Lipinski definition) is 0. The quantitative estimate of drug-likeness (QED) is 0.361. The Kier molecular flexibility index (Phi) is 6.52. The first-order chi connectivity index (χ1) is 13.5. The number of carbonyl (C=O) groups is 2. The summed E-state index contributed by atoms with van der Waals surface area (Å²) in [7, 11) is 1.84. The maximum absolute atomic E-state index is 14.5. The van der Waals surface area contributed by atoms with Gasteiger partial charge in [-0.2, -0.15) is 4.39 Å². The number of aldehydes is 1. The van der Waals surface area contributed by atoms with Crippen molar-refractivity contribution in [2.45, 2.75) is 6.36 Å². The van der Waals surface area contributed by atoms with Crippen LogP contribution in [-0.2, 0) is 4.74 Å². The van der Waals surface area contributed by atoms with Crippen molar-refractivity contribution in [1.82, 2.24) is 0 Å². The fraction of sp³-hybridized carbons (Fsp3) is 0.176. The Morgan fingerprint density at radius 1 is 1.07 bits per heavy atom. The molecule has 0 N–H and O–H groups in total. The highest BCUT2D eigenvalue weighted by Crippen LogP contribution is 2.42. The van der Waals surface area contributed by atoms with E-state index in [9.17, 15) is 31.5 Å². The van der Waals surface area contributed by atoms with Gasteiger partial charge in [-0.1, -0.05) is 11.6 Å². The van der Waals surface area contributed by atoms with Crippen LogP contribution in [0.3, 0.4) is 0 Å². The fourth-order valence-corrected chi connectivity index (χ4v) is 2.43. The number of rotatable bonds is 6. The molecule has 0 saturated carbocycles. The molecule has 0 unspecified atom stereocenters. The molecule has 0 aliphatic rings. The van der Waals surface area contributed by atoms with Crippen LogP contribution in [0, 0.1) is 11.6 Å². The van der Waals surface area contributed by atoms with E-state index >= 15 is 0 Å². The summed E-state index contributed by atoms with van der Waals surface area (Å²) in [6, 6.07) is 2.28. The van der Waals surface area contributed by atoms with Gasteiger partial charge in [0.2, 0.25) is 11.6 Å². The molecule has 0 saturated heterocycles. The van der Waals surface area contributed by atoms with E-state index in [1.54, 1.807) is 0 Å². The molecule has 0 aliphatic heterocycles. The molecule has 29 heavy (non-hydrogen) atoms. The highest BCUT2D eigenvalue weighted by atomic mass is 35.5. The van der Waals surface area contributed by atoms with Crippen molar-refractivity contribution in [2.75, 3.05) is 14.2 Å². The van der Waals surface area contributed by atoms with Gasteiger partial charge in [0.1, 0.15) is 11.3 Å². The van der Waals surface area contributed by atoms with Crippen LogP contribution in [0.25, 0.3) is 0 Å². The van der Waals surface area contributed by atoms with Crippen LogP contribution in [-0.4, -0.2) is 32.8 Å². The summed E-state index contributed by atoms with van der Waals surface area (Å²) in [6.45, 7) is 0. The summed E-state index contributed by atoms with van der Waals surface area (Å²) in [4.78, 5) is 22.9. The van der Waals surface area contributed by atoms with E-state index in [4.69, 9.17) is 16.3 Å². The Hall–Kier alpha value is -3.08. The minimum Gasteiger partial charge on any atom is -0.490 e. The SMILES string of the molecule is COC(=O)c1c(Oc2ccc(OC(F)(F)F)c(F)c2OC)cc(Cl)c(C=O)c1F. The van der Waals surface area contributed by atoms with Crippen molar-refractivity contribution >= 4 is 23.9 Å². The highest BCUT2D eigenvalue weighted by Gasteiger charge is 2.34. The molecular weight excluding hydrogens is 431 g/mol. The molecule has 0 atom stereocenters. The van der Waals surface area contributed by atoms with E-state index in [-0.39, 0.29) is 6.29 Å². The van der Waals surface area contributed by atoms with Crippen LogP contribution in [0.1, 0.15) is 20.7 Å². The third-order valence-corrected chi connectivity index (χ3v) is 3.71. The Balaban J connectivity index is 2.60. The number of alkyl halides is 3. The molecule has 0 spiro atoms. The summed E-state index contributed by atoms with van der Waals surface area (Å²) >= 11 is 5.77. The predicted molar refractivity (Wildman–Crippen MR) is 87.8 cm³/mol. The molecule has 0 aliphatic carbocycles. The lowest BCUT2D eigenvalue weighted by molar-refractivity contribution is -0.275. The zero-order valence-corrected chi connectivity index (χ0v) is 15.3. The predicted octanol–water partition coefficient (Wildman–Crippen LogP) is 4.92. The first-order valence-electron chi connectivity index (χ1n) is 7.39. The highest BCUT2D eigenvalue weighted by molar-refractivity contribution is 6.33. The number of esters is 1. The smallest absolute Gasteiger partial charge is 0.490 e. The minimum absolute atomic E-state index is 0.0530. The lowest BCUT2D eigenvalue weighted by atomic mass is 10.1. The van der Waals surface area contributed by atoms with Gasteiger partial charge in [-0.05, 0) is 12.1 Å². The third kappa shape index (κ3) is 4.67. The average molecular weight is 441 g/mol. The second-order valence-corrected chi connectivity index (χ2v) is 5.53. The number of methoxy groups -OCH3 is 2. The van der Waals surface area contributed by atoms with Gasteiger partial charge in [-0.15, -0.1) is 13.2 Å². The van der Waals surface area contributed by atoms with Crippen molar-refractivity contribution in [3.8, 4) is 23.0 Å². The number of benzene rings is 2. The molecule has 0 amide bonds. The maximum Gasteiger partial charge on any atom is 0.573 e. The molecule has 2 aromatic rings. The fourth-order valence-electron chi connectivity index (χ4n) is 2.21. The number of ether oxygens (including phenoxy) is 4. The second-order valence-electron chi connectivity index (χ2n) is 5.13. The summed E-state index contributed by atoms with van der Waals surface area (Å²) < 4.78 is 83.7. The molecule has 6 nitrogen and oxygen atoms in total. The van der Waals surface area contributed by atoms with Crippen molar-refractivity contribution in [1.29, 1.82) is 0 Å². The summed E-state index contributed by atoms with van der Waals surface area (Å²) in [5.41, 5.74) is -1.51. The molecule has 0 fully saturated rings. The van der Waals surface area contributed by atoms with Gasteiger partial charge in [0, 0.05) is 6.07 Å². The van der Waals surface area contributed by atoms with Gasteiger partial charge < -0.3 is 18.9 Å². The standard InChI is InChI=1S/C17H10ClF5O6/c1-26-15-10(4-3-9(14(15)20)29-17(21,22)23)28-11-5-8(18)7(6-24)13(19)12(11)16(25)27-2/h3-6H,1-2H3. The molecule has 12 heteroatoms. The largest absolute Gasteiger partial charge is 0.573 e. The molecular formula is C17H10ClF5O6. The van der Waals surface area contributed by atoms with Gasteiger partial charge >= 0.3 is 12.3 Å². The van der Waals surface area contributed by atoms with E-state index in [1.165, 1.54) is 0 Å². The van der Waals surface area contributed by atoms with Crippen LogP contribution in [0.5, 0.6) is 23.0 Å². The summed E-state index contributed by atoms with van der Waals surface area (Å²) in [5.74, 6) is -7.39. The Bertz CT molecular complexity index is 961. The monoisotopic (exact) mass is 440 g/mol. The molecule has 156 valence electrons. The molecule has 2 rings (SSSR count). The van der Waals surface area contributed by atoms with Crippen molar-refractivity contribution < 1.29 is 50.5 Å². The lowest BCUT2D eigenvalue weighted by Crippen LogP contribution is -2.18. The zero-order chi connectivity index (χ0) is 21.9. The molecule has 0 heterocycles. The van der Waals surface area contributed by atoms with Crippen LogP contribution in [0.2, 0.25) is 5.02 Å². The molecule has 0 radical (unpaired) electrons. The van der Waals surface area contributed by atoms with E-state index in [0.717, 1.165) is 26.4 Å². The Labute approximate surface area is 164 Å². The van der Waals surface area contributed by atoms with Crippen molar-refractivity contribution in [2.24, 2.45) is 0 Å². The number of halogens is 6. The van der Waals surface area contributed by atoms with E-state index in [0.29, 0.717) is 6.07 Å². The van der Waals surface area contributed by atoms with Gasteiger partial charge in [0.25, 0.3) is 0 Å². The van der Waals surface area contributed by atoms with Crippen molar-refractivity contribution in [3.05, 3.63) is 46.0 Å². The van der Waals surface area contributed by atoms with Gasteiger partial charge in [-0.3, -0.25) is 4.79 Å². The topological polar surface area (TPSA) is 71.1 Å². The molecule has 2 aromatic carbocycles. The normalized spacial score (nSPS) is 11.0. The third-order valence-electron chi connectivity index (χ3n) is 3.40. The molecule has 0 aromatic heterocycles. The van der Waals surface area contributed by atoms with Gasteiger partial charge in [-0.25, -0.2) is 9.18 Å².